The highest BCUT2D eigenvalue weighted by molar-refractivity contribution is 6.04. The molecular formula is C21H31N5O2. The second-order valence-corrected chi connectivity index (χ2v) is 7.38. The lowest BCUT2D eigenvalue weighted by atomic mass is 10.0. The summed E-state index contributed by atoms with van der Waals surface area (Å²) in [6, 6.07) is 8.17. The summed E-state index contributed by atoms with van der Waals surface area (Å²) in [6.07, 6.45) is 3.44. The Morgan fingerprint density at radius 3 is 2.61 bits per heavy atom. The SMILES string of the molecule is CCCn1nc(C(=O)NCCN2CCC(NC(=O)CC)CC2)c2ccccc21. The molecule has 0 aliphatic carbocycles. The highest BCUT2D eigenvalue weighted by Gasteiger charge is 2.21. The van der Waals surface area contributed by atoms with Gasteiger partial charge in [-0.3, -0.25) is 14.3 Å². The maximum absolute atomic E-state index is 12.7. The Morgan fingerprint density at radius 1 is 1.14 bits per heavy atom. The molecule has 2 N–H and O–H groups in total. The third-order valence-corrected chi connectivity index (χ3v) is 5.30. The second-order valence-electron chi connectivity index (χ2n) is 7.38. The molecule has 1 fully saturated rings. The summed E-state index contributed by atoms with van der Waals surface area (Å²) < 4.78 is 1.92. The fraction of sp³-hybridized carbons (Fsp3) is 0.571. The average molecular weight is 386 g/mol. The molecule has 3 rings (SSSR count). The Kier molecular flexibility index (Phi) is 7.03. The van der Waals surface area contributed by atoms with Crippen molar-refractivity contribution in [2.75, 3.05) is 26.2 Å². The van der Waals surface area contributed by atoms with Gasteiger partial charge in [0, 0.05) is 50.6 Å². The van der Waals surface area contributed by atoms with Crippen LogP contribution in [0.2, 0.25) is 0 Å². The number of para-hydroxylation sites is 1. The van der Waals surface area contributed by atoms with Crippen molar-refractivity contribution < 1.29 is 9.59 Å². The van der Waals surface area contributed by atoms with E-state index in [1.807, 2.05) is 35.9 Å². The van der Waals surface area contributed by atoms with Gasteiger partial charge >= 0.3 is 0 Å². The number of hydrogen-bond donors (Lipinski definition) is 2. The maximum Gasteiger partial charge on any atom is 0.272 e. The molecule has 7 nitrogen and oxygen atoms in total. The number of rotatable bonds is 8. The van der Waals surface area contributed by atoms with E-state index in [0.29, 0.717) is 18.7 Å². The van der Waals surface area contributed by atoms with Crippen LogP contribution < -0.4 is 10.6 Å². The Bertz CT molecular complexity index is 808. The number of aromatic nitrogens is 2. The Balaban J connectivity index is 1.49. The summed E-state index contributed by atoms with van der Waals surface area (Å²) in [5, 5.41) is 11.5. The standard InChI is InChI=1S/C21H31N5O2/c1-3-12-26-18-8-6-5-7-17(18)20(24-26)21(28)22-11-15-25-13-9-16(10-14-25)23-19(27)4-2/h5-8,16H,3-4,9-15H2,1-2H3,(H,22,28)(H,23,27). The van der Waals surface area contributed by atoms with E-state index >= 15 is 0 Å². The van der Waals surface area contributed by atoms with Gasteiger partial charge < -0.3 is 15.5 Å². The first kappa shape index (κ1) is 20.3. The van der Waals surface area contributed by atoms with E-state index in [4.69, 9.17) is 0 Å². The number of benzene rings is 1. The minimum Gasteiger partial charge on any atom is -0.353 e. The van der Waals surface area contributed by atoms with Crippen molar-refractivity contribution in [3.05, 3.63) is 30.0 Å². The number of carbonyl (C=O) groups is 2. The third-order valence-electron chi connectivity index (χ3n) is 5.30. The van der Waals surface area contributed by atoms with Crippen LogP contribution in [0.4, 0.5) is 0 Å². The zero-order valence-corrected chi connectivity index (χ0v) is 16.9. The number of fused-ring (bicyclic) bond motifs is 1. The first-order valence-electron chi connectivity index (χ1n) is 10.4. The lowest BCUT2D eigenvalue weighted by molar-refractivity contribution is -0.121. The predicted octanol–water partition coefficient (Wildman–Crippen LogP) is 2.17. The van der Waals surface area contributed by atoms with Gasteiger partial charge in [-0.25, -0.2) is 0 Å². The molecule has 0 bridgehead atoms. The molecule has 2 amide bonds. The molecule has 28 heavy (non-hydrogen) atoms. The van der Waals surface area contributed by atoms with Crippen LogP contribution in [0.3, 0.4) is 0 Å². The summed E-state index contributed by atoms with van der Waals surface area (Å²) >= 11 is 0. The summed E-state index contributed by atoms with van der Waals surface area (Å²) in [7, 11) is 0. The summed E-state index contributed by atoms with van der Waals surface area (Å²) in [6.45, 7) is 8.08. The van der Waals surface area contributed by atoms with Gasteiger partial charge in [-0.2, -0.15) is 5.10 Å². The van der Waals surface area contributed by atoms with Crippen LogP contribution in [-0.2, 0) is 11.3 Å². The number of amides is 2. The number of nitrogens with one attached hydrogen (secondary N) is 2. The number of carbonyl (C=O) groups excluding carboxylic acids is 2. The smallest absolute Gasteiger partial charge is 0.272 e. The van der Waals surface area contributed by atoms with Crippen molar-refractivity contribution in [1.29, 1.82) is 0 Å². The number of hydrogen-bond acceptors (Lipinski definition) is 4. The van der Waals surface area contributed by atoms with Crippen molar-refractivity contribution in [3.8, 4) is 0 Å². The van der Waals surface area contributed by atoms with Gasteiger partial charge in [-0.05, 0) is 25.3 Å². The maximum atomic E-state index is 12.7. The lowest BCUT2D eigenvalue weighted by Crippen LogP contribution is -2.46. The highest BCUT2D eigenvalue weighted by atomic mass is 16.2. The van der Waals surface area contributed by atoms with Crippen molar-refractivity contribution in [3.63, 3.8) is 0 Å². The zero-order chi connectivity index (χ0) is 19.9. The molecule has 1 aromatic carbocycles. The Labute approximate surface area is 166 Å². The van der Waals surface area contributed by atoms with E-state index in [2.05, 4.69) is 27.6 Å². The highest BCUT2D eigenvalue weighted by Crippen LogP contribution is 2.18. The molecule has 7 heteroatoms. The molecule has 0 unspecified atom stereocenters. The first-order valence-corrected chi connectivity index (χ1v) is 10.4. The minimum atomic E-state index is -0.115. The third kappa shape index (κ3) is 4.90. The molecule has 1 aliphatic rings. The number of aryl methyl sites for hydroxylation is 1. The monoisotopic (exact) mass is 385 g/mol. The molecule has 2 heterocycles. The van der Waals surface area contributed by atoms with Gasteiger partial charge in [-0.15, -0.1) is 0 Å². The van der Waals surface area contributed by atoms with Crippen molar-refractivity contribution >= 4 is 22.7 Å². The van der Waals surface area contributed by atoms with Gasteiger partial charge in [-0.1, -0.05) is 32.0 Å². The molecule has 0 spiro atoms. The molecule has 1 aliphatic heterocycles. The van der Waals surface area contributed by atoms with Gasteiger partial charge in [0.25, 0.3) is 5.91 Å². The van der Waals surface area contributed by atoms with E-state index in [1.54, 1.807) is 0 Å². The molecule has 0 saturated carbocycles. The van der Waals surface area contributed by atoms with Crippen LogP contribution in [0.15, 0.2) is 24.3 Å². The minimum absolute atomic E-state index is 0.115. The van der Waals surface area contributed by atoms with E-state index in [9.17, 15) is 9.59 Å². The number of likely N-dealkylation sites (tertiary alicyclic amines) is 1. The van der Waals surface area contributed by atoms with Gasteiger partial charge in [0.2, 0.25) is 5.91 Å². The van der Waals surface area contributed by atoms with Crippen molar-refractivity contribution in [2.24, 2.45) is 0 Å². The summed E-state index contributed by atoms with van der Waals surface area (Å²) in [5.41, 5.74) is 1.51. The lowest BCUT2D eigenvalue weighted by Gasteiger charge is -2.32. The molecule has 0 atom stereocenters. The van der Waals surface area contributed by atoms with Gasteiger partial charge in [0.15, 0.2) is 5.69 Å². The van der Waals surface area contributed by atoms with E-state index in [-0.39, 0.29) is 17.9 Å². The van der Waals surface area contributed by atoms with Crippen LogP contribution in [0.1, 0.15) is 50.0 Å². The van der Waals surface area contributed by atoms with Crippen LogP contribution in [0.5, 0.6) is 0 Å². The van der Waals surface area contributed by atoms with Gasteiger partial charge in [0.1, 0.15) is 0 Å². The topological polar surface area (TPSA) is 79.3 Å². The average Bonchev–Trinajstić information content (AvgIpc) is 3.08. The van der Waals surface area contributed by atoms with Gasteiger partial charge in [0.05, 0.1) is 5.52 Å². The quantitative estimate of drug-likeness (QED) is 0.730. The molecule has 2 aromatic rings. The fourth-order valence-corrected chi connectivity index (χ4v) is 3.72. The fourth-order valence-electron chi connectivity index (χ4n) is 3.72. The van der Waals surface area contributed by atoms with E-state index in [0.717, 1.165) is 56.3 Å². The summed E-state index contributed by atoms with van der Waals surface area (Å²) in [5.74, 6) is 0.0107. The summed E-state index contributed by atoms with van der Waals surface area (Å²) in [4.78, 5) is 26.5. The normalized spacial score (nSPS) is 15.6. The number of nitrogens with zero attached hydrogens (tertiary/aromatic N) is 3. The van der Waals surface area contributed by atoms with Crippen LogP contribution >= 0.6 is 0 Å². The van der Waals surface area contributed by atoms with Crippen LogP contribution in [0, 0.1) is 0 Å². The zero-order valence-electron chi connectivity index (χ0n) is 16.9. The number of piperidine rings is 1. The van der Waals surface area contributed by atoms with E-state index < -0.39 is 0 Å². The molecular weight excluding hydrogens is 354 g/mol. The Morgan fingerprint density at radius 2 is 1.89 bits per heavy atom. The Hall–Kier alpha value is -2.41. The van der Waals surface area contributed by atoms with Crippen LogP contribution in [0.25, 0.3) is 10.9 Å². The molecule has 1 saturated heterocycles. The second kappa shape index (κ2) is 9.68. The molecule has 152 valence electrons. The van der Waals surface area contributed by atoms with E-state index in [1.165, 1.54) is 0 Å². The van der Waals surface area contributed by atoms with Crippen molar-refractivity contribution in [2.45, 2.75) is 52.1 Å². The van der Waals surface area contributed by atoms with Crippen LogP contribution in [-0.4, -0.2) is 58.7 Å². The van der Waals surface area contributed by atoms with Crippen molar-refractivity contribution in [1.82, 2.24) is 25.3 Å². The first-order chi connectivity index (χ1) is 13.6. The largest absolute Gasteiger partial charge is 0.353 e. The molecule has 0 radical (unpaired) electrons. The predicted molar refractivity (Wildman–Crippen MR) is 110 cm³/mol. The molecule has 1 aromatic heterocycles.